The van der Waals surface area contributed by atoms with Crippen LogP contribution in [0.5, 0.6) is 0 Å². The van der Waals surface area contributed by atoms with Gasteiger partial charge in [0.25, 0.3) is 10.0 Å². The Bertz CT molecular complexity index is 1630. The van der Waals surface area contributed by atoms with Gasteiger partial charge in [0.15, 0.2) is 5.82 Å². The average Bonchev–Trinajstić information content (AvgIpc) is 3.60. The lowest BCUT2D eigenvalue weighted by Crippen LogP contribution is -2.20. The number of ketones is 1. The molecule has 0 aliphatic heterocycles. The lowest BCUT2D eigenvalue weighted by Gasteiger charge is -2.20. The van der Waals surface area contributed by atoms with E-state index in [4.69, 9.17) is 0 Å². The molecule has 0 radical (unpaired) electrons. The van der Waals surface area contributed by atoms with Crippen molar-refractivity contribution in [1.29, 1.82) is 0 Å². The van der Waals surface area contributed by atoms with Gasteiger partial charge in [0.1, 0.15) is 28.0 Å². The topological polar surface area (TPSA) is 95.2 Å². The van der Waals surface area contributed by atoms with Crippen LogP contribution < -0.4 is 9.62 Å². The number of nitrogens with zero attached hydrogens (tertiary/aromatic N) is 2. The molecule has 2 heterocycles. The van der Waals surface area contributed by atoms with E-state index in [1.807, 2.05) is 11.9 Å². The van der Waals surface area contributed by atoms with Crippen molar-refractivity contribution in [2.45, 2.75) is 23.8 Å². The third kappa shape index (κ3) is 4.06. The van der Waals surface area contributed by atoms with Crippen molar-refractivity contribution in [2.75, 3.05) is 16.7 Å². The molecule has 1 aliphatic carbocycles. The monoisotopic (exact) mass is 518 g/mol. The predicted octanol–water partition coefficient (Wildman–Crippen LogP) is 4.75. The van der Waals surface area contributed by atoms with Gasteiger partial charge in [0.05, 0.1) is 27.9 Å². The molecule has 2 aromatic carbocycles. The van der Waals surface area contributed by atoms with Crippen LogP contribution in [0.15, 0.2) is 53.7 Å². The van der Waals surface area contributed by atoms with Gasteiger partial charge in [-0.2, -0.15) is 0 Å². The largest absolute Gasteiger partial charge is 0.371 e. The highest BCUT2D eigenvalue weighted by molar-refractivity contribution is 7.92. The van der Waals surface area contributed by atoms with Crippen LogP contribution in [0.2, 0.25) is 0 Å². The van der Waals surface area contributed by atoms with E-state index < -0.39 is 55.2 Å². The number of rotatable bonds is 7. The Kier molecular flexibility index (Phi) is 5.70. The molecule has 0 atom stereocenters. The molecular formula is C24H18F4N4O3S. The number of anilines is 2. The maximum atomic E-state index is 15.4. The first-order valence-corrected chi connectivity index (χ1v) is 12.3. The summed E-state index contributed by atoms with van der Waals surface area (Å²) < 4.78 is 84.7. The second-order valence-corrected chi connectivity index (χ2v) is 10.0. The number of hydrogen-bond acceptors (Lipinski definition) is 5. The van der Waals surface area contributed by atoms with Gasteiger partial charge >= 0.3 is 0 Å². The van der Waals surface area contributed by atoms with Crippen molar-refractivity contribution >= 4 is 38.2 Å². The van der Waals surface area contributed by atoms with E-state index in [-0.39, 0.29) is 11.6 Å². The fourth-order valence-corrected chi connectivity index (χ4v) is 5.18. The van der Waals surface area contributed by atoms with E-state index in [9.17, 15) is 26.4 Å². The van der Waals surface area contributed by atoms with Crippen LogP contribution in [-0.2, 0) is 10.0 Å². The quantitative estimate of drug-likeness (QED) is 0.272. The highest BCUT2D eigenvalue weighted by Crippen LogP contribution is 2.37. The van der Waals surface area contributed by atoms with E-state index in [0.29, 0.717) is 41.0 Å². The highest BCUT2D eigenvalue weighted by atomic mass is 32.2. The molecule has 2 N–H and O–H groups in total. The number of aromatic nitrogens is 2. The molecule has 36 heavy (non-hydrogen) atoms. The number of carbonyl (C=O) groups is 1. The minimum atomic E-state index is -4.81. The Morgan fingerprint density at radius 3 is 2.53 bits per heavy atom. The highest BCUT2D eigenvalue weighted by Gasteiger charge is 2.31. The molecule has 1 saturated carbocycles. The zero-order valence-electron chi connectivity index (χ0n) is 18.6. The maximum absolute atomic E-state index is 15.4. The van der Waals surface area contributed by atoms with E-state index in [1.165, 1.54) is 6.20 Å². The third-order valence-electron chi connectivity index (χ3n) is 6.02. The van der Waals surface area contributed by atoms with Gasteiger partial charge in [-0.1, -0.05) is 0 Å². The van der Waals surface area contributed by atoms with Crippen LogP contribution in [0, 0.1) is 23.3 Å². The van der Waals surface area contributed by atoms with E-state index >= 15 is 4.39 Å². The van der Waals surface area contributed by atoms with Gasteiger partial charge in [0, 0.05) is 25.5 Å². The van der Waals surface area contributed by atoms with E-state index in [1.54, 1.807) is 17.0 Å². The normalized spacial score (nSPS) is 13.7. The molecule has 0 amide bonds. The number of carbonyl (C=O) groups excluding carboxylic acids is 1. The summed E-state index contributed by atoms with van der Waals surface area (Å²) in [6.45, 7) is 0. The van der Waals surface area contributed by atoms with E-state index in [2.05, 4.69) is 9.97 Å². The first-order chi connectivity index (χ1) is 17.1. The van der Waals surface area contributed by atoms with Gasteiger partial charge in [-0.3, -0.25) is 9.52 Å². The average molecular weight is 518 g/mol. The zero-order valence-corrected chi connectivity index (χ0v) is 19.5. The molecule has 0 spiro atoms. The van der Waals surface area contributed by atoms with Crippen LogP contribution in [0.1, 0.15) is 28.8 Å². The molecule has 1 aliphatic rings. The van der Waals surface area contributed by atoms with Crippen molar-refractivity contribution in [1.82, 2.24) is 9.97 Å². The van der Waals surface area contributed by atoms with Crippen molar-refractivity contribution < 1.29 is 30.8 Å². The third-order valence-corrected chi connectivity index (χ3v) is 7.40. The van der Waals surface area contributed by atoms with Crippen molar-refractivity contribution in [3.05, 3.63) is 83.2 Å². The van der Waals surface area contributed by atoms with Gasteiger partial charge in [0.2, 0.25) is 5.78 Å². The standard InChI is InChI=1S/C24H18F4N4O3S/c1-32(13-3-4-13)18-8-9-29-24-20(18)14(11-30-24)23(33)21-16(27)6-7-17(22(21)28)31-36(34,35)19-10-12(25)2-5-15(19)26/h2,5-11,13,31H,3-4H2,1H3,(H,29,30). The fraction of sp³-hybridized carbons (Fsp3) is 0.167. The maximum Gasteiger partial charge on any atom is 0.265 e. The number of nitrogens with one attached hydrogen (secondary N) is 2. The zero-order chi connectivity index (χ0) is 25.8. The van der Waals surface area contributed by atoms with Crippen LogP contribution in [0.4, 0.5) is 28.9 Å². The number of sulfonamides is 1. The summed E-state index contributed by atoms with van der Waals surface area (Å²) in [5.74, 6) is -6.09. The van der Waals surface area contributed by atoms with Gasteiger partial charge in [-0.15, -0.1) is 0 Å². The molecule has 4 aromatic rings. The minimum Gasteiger partial charge on any atom is -0.371 e. The fourth-order valence-electron chi connectivity index (χ4n) is 4.03. The molecule has 7 nitrogen and oxygen atoms in total. The first-order valence-electron chi connectivity index (χ1n) is 10.8. The molecular weight excluding hydrogens is 500 g/mol. The summed E-state index contributed by atoms with van der Waals surface area (Å²) in [4.78, 5) is 21.3. The summed E-state index contributed by atoms with van der Waals surface area (Å²) in [7, 11) is -2.97. The van der Waals surface area contributed by atoms with Crippen LogP contribution in [0.25, 0.3) is 11.0 Å². The molecule has 186 valence electrons. The summed E-state index contributed by atoms with van der Waals surface area (Å²) in [6.07, 6.45) is 4.75. The molecule has 5 rings (SSSR count). The molecule has 0 unspecified atom stereocenters. The molecule has 12 heteroatoms. The molecule has 2 aromatic heterocycles. The molecule has 1 fully saturated rings. The van der Waals surface area contributed by atoms with Crippen LogP contribution in [-0.4, -0.2) is 37.3 Å². The second-order valence-electron chi connectivity index (χ2n) is 8.39. The van der Waals surface area contributed by atoms with Crippen molar-refractivity contribution in [2.24, 2.45) is 0 Å². The number of pyridine rings is 1. The molecule has 0 saturated heterocycles. The summed E-state index contributed by atoms with van der Waals surface area (Å²) in [6, 6.07) is 5.15. The van der Waals surface area contributed by atoms with Gasteiger partial charge < -0.3 is 9.88 Å². The SMILES string of the molecule is CN(c1ccnc2[nH]cc(C(=O)c3c(F)ccc(NS(=O)(=O)c4cc(F)ccc4F)c3F)c12)C1CC1. The lowest BCUT2D eigenvalue weighted by molar-refractivity contribution is 0.103. The Hall–Kier alpha value is -3.93. The number of H-pyrrole nitrogens is 1. The Morgan fingerprint density at radius 1 is 1.08 bits per heavy atom. The smallest absolute Gasteiger partial charge is 0.265 e. The number of benzene rings is 2. The van der Waals surface area contributed by atoms with Gasteiger partial charge in [-0.05, 0) is 49.2 Å². The number of hydrogen-bond donors (Lipinski definition) is 2. The van der Waals surface area contributed by atoms with Crippen LogP contribution in [0.3, 0.4) is 0 Å². The lowest BCUT2D eigenvalue weighted by atomic mass is 10.0. The minimum absolute atomic E-state index is 0.0606. The summed E-state index contributed by atoms with van der Waals surface area (Å²) in [5, 5.41) is 0.364. The number of halogens is 4. The number of fused-ring (bicyclic) bond motifs is 1. The first kappa shape index (κ1) is 23.8. The Balaban J connectivity index is 1.57. The van der Waals surface area contributed by atoms with Crippen molar-refractivity contribution in [3.8, 4) is 0 Å². The summed E-state index contributed by atoms with van der Waals surface area (Å²) in [5.41, 5.74) is -0.903. The predicted molar refractivity (Wildman–Crippen MR) is 124 cm³/mol. The number of aromatic amines is 1. The van der Waals surface area contributed by atoms with E-state index in [0.717, 1.165) is 18.9 Å². The summed E-state index contributed by atoms with van der Waals surface area (Å²) >= 11 is 0. The van der Waals surface area contributed by atoms with Crippen molar-refractivity contribution in [3.63, 3.8) is 0 Å². The second kappa shape index (κ2) is 8.63. The Labute approximate surface area is 202 Å². The van der Waals surface area contributed by atoms with Gasteiger partial charge in [-0.25, -0.2) is 31.0 Å². The Morgan fingerprint density at radius 2 is 1.81 bits per heavy atom. The van der Waals surface area contributed by atoms with Crippen LogP contribution >= 0.6 is 0 Å². The molecule has 0 bridgehead atoms.